The fourth-order valence-corrected chi connectivity index (χ4v) is 1.12. The zero-order valence-corrected chi connectivity index (χ0v) is 10.6. The van der Waals surface area contributed by atoms with Crippen molar-refractivity contribution in [2.75, 3.05) is 13.2 Å². The van der Waals surface area contributed by atoms with Crippen LogP contribution in [0.4, 0.5) is 0 Å². The quantitative estimate of drug-likeness (QED) is 0.514. The Bertz CT molecular complexity index is 212. The number of nitrogens with two attached hydrogens (primary N) is 1. The number of hydrogen-bond donors (Lipinski definition) is 2. The Morgan fingerprint density at radius 1 is 1.38 bits per heavy atom. The fraction of sp³-hybridized carbons (Fsp3) is 0.800. The van der Waals surface area contributed by atoms with Gasteiger partial charge in [-0.25, -0.2) is 0 Å². The van der Waals surface area contributed by atoms with Crippen LogP contribution in [-0.2, 0) is 14.3 Å². The zero-order chi connectivity index (χ0) is 11.7. The highest BCUT2D eigenvalue weighted by atomic mass is 35.5. The van der Waals surface area contributed by atoms with Crippen LogP contribution in [-0.4, -0.2) is 31.1 Å². The average molecular weight is 253 g/mol. The van der Waals surface area contributed by atoms with E-state index < -0.39 is 6.04 Å². The maximum atomic E-state index is 11.1. The SMILES string of the molecule is CCOC(=O)[C@@H](N)CCCCNC(C)=O.Cl. The number of ether oxygens (including phenoxy) is 1. The summed E-state index contributed by atoms with van der Waals surface area (Å²) in [6.45, 7) is 4.22. The smallest absolute Gasteiger partial charge is 0.322 e. The van der Waals surface area contributed by atoms with E-state index in [-0.39, 0.29) is 24.3 Å². The van der Waals surface area contributed by atoms with Gasteiger partial charge >= 0.3 is 5.97 Å². The molecule has 1 amide bonds. The molecular formula is C10H21ClN2O3. The summed E-state index contributed by atoms with van der Waals surface area (Å²) in [6.07, 6.45) is 2.23. The predicted molar refractivity (Wildman–Crippen MR) is 64.4 cm³/mol. The van der Waals surface area contributed by atoms with Crippen molar-refractivity contribution in [1.29, 1.82) is 0 Å². The Labute approximate surface area is 103 Å². The van der Waals surface area contributed by atoms with Gasteiger partial charge in [0.2, 0.25) is 5.91 Å². The molecule has 16 heavy (non-hydrogen) atoms. The number of rotatable bonds is 7. The number of carbonyl (C=O) groups excluding carboxylic acids is 2. The van der Waals surface area contributed by atoms with Gasteiger partial charge in [0, 0.05) is 13.5 Å². The first-order valence-electron chi connectivity index (χ1n) is 5.24. The minimum Gasteiger partial charge on any atom is -0.465 e. The van der Waals surface area contributed by atoms with Crippen LogP contribution >= 0.6 is 12.4 Å². The number of hydrogen-bond acceptors (Lipinski definition) is 4. The van der Waals surface area contributed by atoms with Gasteiger partial charge in [-0.1, -0.05) is 0 Å². The van der Waals surface area contributed by atoms with Crippen molar-refractivity contribution >= 4 is 24.3 Å². The van der Waals surface area contributed by atoms with E-state index in [4.69, 9.17) is 10.5 Å². The molecule has 6 heteroatoms. The highest BCUT2D eigenvalue weighted by Crippen LogP contribution is 2.00. The average Bonchev–Trinajstić information content (AvgIpc) is 2.16. The Kier molecular flexibility index (Phi) is 11.8. The molecule has 0 spiro atoms. The lowest BCUT2D eigenvalue weighted by molar-refractivity contribution is -0.144. The third-order valence-corrected chi connectivity index (χ3v) is 1.91. The zero-order valence-electron chi connectivity index (χ0n) is 9.82. The minimum atomic E-state index is -0.540. The molecule has 0 aromatic carbocycles. The van der Waals surface area contributed by atoms with Gasteiger partial charge < -0.3 is 15.8 Å². The largest absolute Gasteiger partial charge is 0.465 e. The van der Waals surface area contributed by atoms with Crippen LogP contribution in [0.15, 0.2) is 0 Å². The first kappa shape index (κ1) is 17.6. The molecule has 3 N–H and O–H groups in total. The van der Waals surface area contributed by atoms with Crippen molar-refractivity contribution in [3.8, 4) is 0 Å². The Hall–Kier alpha value is -0.810. The van der Waals surface area contributed by atoms with E-state index in [1.54, 1.807) is 6.92 Å². The second-order valence-corrected chi connectivity index (χ2v) is 3.34. The van der Waals surface area contributed by atoms with E-state index in [9.17, 15) is 9.59 Å². The van der Waals surface area contributed by atoms with E-state index in [1.807, 2.05) is 0 Å². The summed E-state index contributed by atoms with van der Waals surface area (Å²) in [5.74, 6) is -0.387. The minimum absolute atomic E-state index is 0. The van der Waals surface area contributed by atoms with Crippen LogP contribution in [0.1, 0.15) is 33.1 Å². The molecular weight excluding hydrogens is 232 g/mol. The molecule has 96 valence electrons. The van der Waals surface area contributed by atoms with Gasteiger partial charge in [-0.2, -0.15) is 0 Å². The van der Waals surface area contributed by atoms with Crippen molar-refractivity contribution < 1.29 is 14.3 Å². The number of amides is 1. The molecule has 0 aromatic heterocycles. The van der Waals surface area contributed by atoms with E-state index >= 15 is 0 Å². The number of nitrogens with one attached hydrogen (secondary N) is 1. The van der Waals surface area contributed by atoms with Crippen molar-refractivity contribution in [2.45, 2.75) is 39.2 Å². The molecule has 0 radical (unpaired) electrons. The molecule has 0 aliphatic carbocycles. The van der Waals surface area contributed by atoms with Gasteiger partial charge in [-0.3, -0.25) is 9.59 Å². The second-order valence-electron chi connectivity index (χ2n) is 3.34. The van der Waals surface area contributed by atoms with Crippen LogP contribution < -0.4 is 11.1 Å². The summed E-state index contributed by atoms with van der Waals surface area (Å²) in [7, 11) is 0. The molecule has 0 saturated heterocycles. The normalized spacial score (nSPS) is 11.2. The molecule has 0 fully saturated rings. The highest BCUT2D eigenvalue weighted by Gasteiger charge is 2.13. The van der Waals surface area contributed by atoms with Gasteiger partial charge in [-0.15, -0.1) is 12.4 Å². The fourth-order valence-electron chi connectivity index (χ4n) is 1.12. The van der Waals surface area contributed by atoms with E-state index in [1.165, 1.54) is 6.92 Å². The van der Waals surface area contributed by atoms with Crippen LogP contribution in [0.3, 0.4) is 0 Å². The Balaban J connectivity index is 0. The number of unbranched alkanes of at least 4 members (excludes halogenated alkanes) is 1. The monoisotopic (exact) mass is 252 g/mol. The summed E-state index contributed by atoms with van der Waals surface area (Å²) in [6, 6.07) is -0.540. The van der Waals surface area contributed by atoms with Gasteiger partial charge in [0.05, 0.1) is 6.61 Å². The molecule has 1 atom stereocenters. The lowest BCUT2D eigenvalue weighted by Crippen LogP contribution is -2.32. The van der Waals surface area contributed by atoms with E-state index in [0.29, 0.717) is 19.6 Å². The maximum Gasteiger partial charge on any atom is 0.322 e. The number of halogens is 1. The third-order valence-electron chi connectivity index (χ3n) is 1.91. The van der Waals surface area contributed by atoms with Crippen LogP contribution in [0.5, 0.6) is 0 Å². The topological polar surface area (TPSA) is 81.4 Å². The summed E-state index contributed by atoms with van der Waals surface area (Å²) in [4.78, 5) is 21.6. The molecule has 0 aromatic rings. The van der Waals surface area contributed by atoms with Crippen LogP contribution in [0.2, 0.25) is 0 Å². The van der Waals surface area contributed by atoms with E-state index in [2.05, 4.69) is 5.32 Å². The third kappa shape index (κ3) is 9.73. The molecule has 0 heterocycles. The molecule has 0 unspecified atom stereocenters. The standard InChI is InChI=1S/C10H20N2O3.ClH/c1-3-15-10(14)9(11)6-4-5-7-12-8(2)13;/h9H,3-7,11H2,1-2H3,(H,12,13);1H/t9-;/m0./s1. The lowest BCUT2D eigenvalue weighted by atomic mass is 10.1. The summed E-state index contributed by atoms with van der Waals surface area (Å²) >= 11 is 0. The maximum absolute atomic E-state index is 11.1. The number of carbonyl (C=O) groups is 2. The van der Waals surface area contributed by atoms with Crippen molar-refractivity contribution in [3.63, 3.8) is 0 Å². The van der Waals surface area contributed by atoms with Crippen LogP contribution in [0.25, 0.3) is 0 Å². The Morgan fingerprint density at radius 3 is 2.50 bits per heavy atom. The predicted octanol–water partition coefficient (Wildman–Crippen LogP) is 0.605. The second kappa shape index (κ2) is 10.7. The first-order valence-corrected chi connectivity index (χ1v) is 5.24. The molecule has 0 saturated carbocycles. The van der Waals surface area contributed by atoms with Crippen molar-refractivity contribution in [3.05, 3.63) is 0 Å². The Morgan fingerprint density at radius 2 is 2.00 bits per heavy atom. The summed E-state index contributed by atoms with van der Waals surface area (Å²) < 4.78 is 4.77. The van der Waals surface area contributed by atoms with Crippen molar-refractivity contribution in [1.82, 2.24) is 5.32 Å². The molecule has 0 aliphatic heterocycles. The molecule has 0 rings (SSSR count). The molecule has 5 nitrogen and oxygen atoms in total. The summed E-state index contributed by atoms with van der Waals surface area (Å²) in [5.41, 5.74) is 5.58. The molecule has 0 aliphatic rings. The highest BCUT2D eigenvalue weighted by molar-refractivity contribution is 5.85. The number of esters is 1. The van der Waals surface area contributed by atoms with Gasteiger partial charge in [0.25, 0.3) is 0 Å². The first-order chi connectivity index (χ1) is 7.07. The summed E-state index contributed by atoms with van der Waals surface area (Å²) in [5, 5.41) is 2.68. The molecule has 0 bridgehead atoms. The van der Waals surface area contributed by atoms with Gasteiger partial charge in [0.15, 0.2) is 0 Å². The van der Waals surface area contributed by atoms with Crippen molar-refractivity contribution in [2.24, 2.45) is 5.73 Å². The van der Waals surface area contributed by atoms with Crippen LogP contribution in [0, 0.1) is 0 Å². The van der Waals surface area contributed by atoms with E-state index in [0.717, 1.165) is 12.8 Å². The van der Waals surface area contributed by atoms with Gasteiger partial charge in [-0.05, 0) is 26.2 Å². The lowest BCUT2D eigenvalue weighted by Gasteiger charge is -2.09. The van der Waals surface area contributed by atoms with Gasteiger partial charge in [0.1, 0.15) is 6.04 Å².